The van der Waals surface area contributed by atoms with Crippen LogP contribution >= 0.6 is 0 Å². The Hall–Kier alpha value is -1.63. The van der Waals surface area contributed by atoms with Crippen LogP contribution in [0.4, 0.5) is 0 Å². The quantitative estimate of drug-likeness (QED) is 0.676. The van der Waals surface area contributed by atoms with Gasteiger partial charge in [-0.2, -0.15) is 0 Å². The van der Waals surface area contributed by atoms with Crippen molar-refractivity contribution in [2.75, 3.05) is 0 Å². The van der Waals surface area contributed by atoms with Crippen LogP contribution in [0.15, 0.2) is 42.6 Å². The Morgan fingerprint density at radius 3 is 2.69 bits per heavy atom. The topological polar surface area (TPSA) is 3.88 Å². The summed E-state index contributed by atoms with van der Waals surface area (Å²) in [6, 6.07) is 11.9. The summed E-state index contributed by atoms with van der Waals surface area (Å²) in [5.74, 6) is 0. The molecule has 0 unspecified atom stereocenters. The van der Waals surface area contributed by atoms with E-state index in [0.29, 0.717) is 0 Å². The van der Waals surface area contributed by atoms with E-state index >= 15 is 0 Å². The first-order chi connectivity index (χ1) is 8.39. The van der Waals surface area contributed by atoms with E-state index in [9.17, 15) is 0 Å². The van der Waals surface area contributed by atoms with Crippen molar-refractivity contribution in [3.8, 4) is 11.3 Å². The molecule has 0 aliphatic rings. The Morgan fingerprint density at radius 1 is 1.25 bits per heavy atom. The molecule has 0 aliphatic heterocycles. The maximum atomic E-state index is 7.75. The summed E-state index contributed by atoms with van der Waals surface area (Å²) in [6.07, 6.45) is 0.726. The van der Waals surface area contributed by atoms with Gasteiger partial charge in [0.1, 0.15) is 7.05 Å². The van der Waals surface area contributed by atoms with Crippen molar-refractivity contribution < 1.29 is 7.31 Å². The molecular weight excluding hydrogens is 194 g/mol. The van der Waals surface area contributed by atoms with Crippen molar-refractivity contribution in [3.05, 3.63) is 53.7 Å². The van der Waals surface area contributed by atoms with Gasteiger partial charge in [0.25, 0.3) is 0 Å². The number of hydrogen-bond donors (Lipinski definition) is 0. The van der Waals surface area contributed by atoms with Gasteiger partial charge in [0.2, 0.25) is 5.69 Å². The van der Waals surface area contributed by atoms with Crippen LogP contribution in [0, 0.1) is 6.92 Å². The molecule has 2 rings (SSSR count). The maximum absolute atomic E-state index is 7.75. The summed E-state index contributed by atoms with van der Waals surface area (Å²) in [5, 5.41) is 0. The fourth-order valence-electron chi connectivity index (χ4n) is 1.91. The average molecular weight is 214 g/mol. The van der Waals surface area contributed by atoms with Crippen molar-refractivity contribution in [3.63, 3.8) is 0 Å². The number of hydrogen-bond acceptors (Lipinski definition) is 0. The third kappa shape index (κ3) is 1.99. The Morgan fingerprint density at radius 2 is 2.06 bits per heavy atom. The first-order valence-electron chi connectivity index (χ1n) is 6.46. The molecule has 0 saturated heterocycles. The maximum Gasteiger partial charge on any atom is 0.212 e. The molecule has 0 spiro atoms. The number of benzene rings is 1. The van der Waals surface area contributed by atoms with Gasteiger partial charge in [-0.3, -0.25) is 0 Å². The van der Waals surface area contributed by atoms with Gasteiger partial charge in [-0.1, -0.05) is 19.1 Å². The summed E-state index contributed by atoms with van der Waals surface area (Å²) in [4.78, 5) is 0. The summed E-state index contributed by atoms with van der Waals surface area (Å²) < 4.78 is 17.6. The lowest BCUT2D eigenvalue weighted by Gasteiger charge is -2.06. The third-order valence-corrected chi connectivity index (χ3v) is 2.85. The largest absolute Gasteiger partial charge is 0.212 e. The number of rotatable bonds is 2. The highest BCUT2D eigenvalue weighted by Crippen LogP contribution is 2.21. The molecule has 0 radical (unpaired) electrons. The minimum atomic E-state index is -1.29. The van der Waals surface area contributed by atoms with Gasteiger partial charge in [0.15, 0.2) is 6.20 Å². The zero-order valence-corrected chi connectivity index (χ0v) is 9.99. The molecule has 0 saturated carbocycles. The van der Waals surface area contributed by atoms with Gasteiger partial charge in [0.05, 0.1) is 0 Å². The smallest absolute Gasteiger partial charge is 0.201 e. The van der Waals surface area contributed by atoms with Gasteiger partial charge in [-0.05, 0) is 36.6 Å². The van der Waals surface area contributed by atoms with Crippen LogP contribution in [0.3, 0.4) is 0 Å². The first-order valence-corrected chi connectivity index (χ1v) is 5.46. The molecule has 0 aliphatic carbocycles. The molecule has 2 aromatic rings. The van der Waals surface area contributed by atoms with E-state index in [-0.39, 0.29) is 0 Å². The van der Waals surface area contributed by atoms with E-state index in [4.69, 9.17) is 2.74 Å². The highest BCUT2D eigenvalue weighted by atomic mass is 14.9. The number of aryl methyl sites for hydroxylation is 3. The molecule has 0 N–H and O–H groups in total. The average Bonchev–Trinajstić information content (AvgIpc) is 2.29. The molecule has 16 heavy (non-hydrogen) atoms. The molecule has 0 atom stereocenters. The lowest BCUT2D eigenvalue weighted by Crippen LogP contribution is -2.30. The lowest BCUT2D eigenvalue weighted by molar-refractivity contribution is -0.660. The third-order valence-electron chi connectivity index (χ3n) is 2.85. The van der Waals surface area contributed by atoms with Crippen molar-refractivity contribution in [2.24, 2.45) is 7.05 Å². The standard InChI is InChI=1S/C15H18N/c1-4-13-8-9-14(12(2)11-13)15-7-5-6-10-16(15)3/h5-11H,4H2,1-3H3/q+1/i4D2. The lowest BCUT2D eigenvalue weighted by atomic mass is 10.0. The predicted octanol–water partition coefficient (Wildman–Crippen LogP) is 3.05. The van der Waals surface area contributed by atoms with Gasteiger partial charge >= 0.3 is 0 Å². The van der Waals surface area contributed by atoms with Crippen molar-refractivity contribution in [1.29, 1.82) is 0 Å². The number of pyridine rings is 1. The van der Waals surface area contributed by atoms with E-state index in [1.54, 1.807) is 6.92 Å². The second-order valence-electron chi connectivity index (χ2n) is 3.98. The van der Waals surface area contributed by atoms with Crippen molar-refractivity contribution in [2.45, 2.75) is 20.2 Å². The zero-order valence-electron chi connectivity index (χ0n) is 12.0. The van der Waals surface area contributed by atoms with E-state index in [1.165, 1.54) is 0 Å². The van der Waals surface area contributed by atoms with Gasteiger partial charge in [-0.15, -0.1) is 0 Å². The molecule has 1 aromatic heterocycles. The Balaban J connectivity index is 2.52. The molecular formula is C15H18N+. The predicted molar refractivity (Wildman–Crippen MR) is 67.2 cm³/mol. The van der Waals surface area contributed by atoms with E-state index in [2.05, 4.69) is 10.6 Å². The molecule has 1 heterocycles. The number of nitrogens with zero attached hydrogens (tertiary/aromatic N) is 1. The van der Waals surface area contributed by atoms with Crippen LogP contribution in [0.2, 0.25) is 0 Å². The fourth-order valence-corrected chi connectivity index (χ4v) is 1.91. The Kier molecular flexibility index (Phi) is 2.38. The van der Waals surface area contributed by atoms with Crippen LogP contribution < -0.4 is 4.57 Å². The van der Waals surface area contributed by atoms with Gasteiger partial charge < -0.3 is 0 Å². The molecule has 0 amide bonds. The molecule has 1 aromatic carbocycles. The monoisotopic (exact) mass is 214 g/mol. The summed E-state index contributed by atoms with van der Waals surface area (Å²) >= 11 is 0. The molecule has 82 valence electrons. The minimum absolute atomic E-state index is 0.724. The van der Waals surface area contributed by atoms with Gasteiger partial charge in [-0.25, -0.2) is 4.57 Å². The zero-order chi connectivity index (χ0) is 13.3. The summed E-state index contributed by atoms with van der Waals surface area (Å²) in [6.45, 7) is 3.61. The molecule has 0 bridgehead atoms. The van der Waals surface area contributed by atoms with Crippen LogP contribution in [-0.2, 0) is 13.4 Å². The van der Waals surface area contributed by atoms with E-state index in [1.807, 2.05) is 50.5 Å². The Bertz CT molecular complexity index is 571. The highest BCUT2D eigenvalue weighted by Gasteiger charge is 2.10. The number of aromatic nitrogens is 1. The SMILES string of the molecule is [2H]C([2H])(C)c1ccc(-c2cccc[n+]2C)c(C)c1. The second-order valence-corrected chi connectivity index (χ2v) is 3.98. The first kappa shape index (κ1) is 8.51. The normalized spacial score (nSPS) is 13.2. The summed E-state index contributed by atoms with van der Waals surface area (Å²) in [5.41, 5.74) is 4.10. The van der Waals surface area contributed by atoms with Crippen LogP contribution in [0.25, 0.3) is 11.3 Å². The second kappa shape index (κ2) is 4.48. The van der Waals surface area contributed by atoms with Crippen LogP contribution in [0.5, 0.6) is 0 Å². The molecule has 1 heteroatoms. The van der Waals surface area contributed by atoms with E-state index < -0.39 is 6.37 Å². The molecule has 1 nitrogen and oxygen atoms in total. The van der Waals surface area contributed by atoms with Crippen LogP contribution in [0.1, 0.15) is 20.8 Å². The van der Waals surface area contributed by atoms with E-state index in [0.717, 1.165) is 22.4 Å². The summed E-state index contributed by atoms with van der Waals surface area (Å²) in [7, 11) is 2.02. The van der Waals surface area contributed by atoms with Gasteiger partial charge in [0, 0.05) is 20.4 Å². The molecule has 0 fully saturated rings. The fraction of sp³-hybridized carbons (Fsp3) is 0.267. The van der Waals surface area contributed by atoms with Crippen molar-refractivity contribution >= 4 is 0 Å². The highest BCUT2D eigenvalue weighted by molar-refractivity contribution is 5.61. The Labute approximate surface area is 100 Å². The van der Waals surface area contributed by atoms with Crippen LogP contribution in [-0.4, -0.2) is 0 Å². The minimum Gasteiger partial charge on any atom is -0.201 e. The van der Waals surface area contributed by atoms with Crippen molar-refractivity contribution in [1.82, 2.24) is 0 Å².